The highest BCUT2D eigenvalue weighted by Crippen LogP contribution is 2.15. The third-order valence-corrected chi connectivity index (χ3v) is 2.77. The van der Waals surface area contributed by atoms with E-state index in [1.54, 1.807) is 0 Å². The van der Waals surface area contributed by atoms with Crippen LogP contribution in [-0.4, -0.2) is 44.8 Å². The second-order valence-corrected chi connectivity index (χ2v) is 4.07. The number of hydrogen-bond donors (Lipinski definition) is 2. The molecule has 0 saturated carbocycles. The van der Waals surface area contributed by atoms with Crippen LogP contribution in [0.1, 0.15) is 0 Å². The summed E-state index contributed by atoms with van der Waals surface area (Å²) in [5, 5.41) is 10.9. The first kappa shape index (κ1) is 12.1. The van der Waals surface area contributed by atoms with E-state index < -0.39 is 28.9 Å². The molecule has 2 heterocycles. The number of aliphatic carboxylic acids is 1. The first-order valence-corrected chi connectivity index (χ1v) is 5.28. The number of carbonyl (C=O) groups excluding carboxylic acids is 1. The topological polar surface area (TPSA) is 112 Å². The van der Waals surface area contributed by atoms with E-state index in [2.05, 4.69) is 5.10 Å². The molecule has 1 aromatic rings. The Labute approximate surface area is 100 Å². The third-order valence-electron chi connectivity index (χ3n) is 2.77. The number of nitrogens with zero attached hydrogens (tertiary/aromatic N) is 2. The van der Waals surface area contributed by atoms with Gasteiger partial charge < -0.3 is 10.0 Å². The van der Waals surface area contributed by atoms with Gasteiger partial charge in [-0.2, -0.15) is 0 Å². The Morgan fingerprint density at radius 3 is 2.61 bits per heavy atom. The Morgan fingerprint density at radius 2 is 2.00 bits per heavy atom. The first-order valence-electron chi connectivity index (χ1n) is 5.28. The lowest BCUT2D eigenvalue weighted by Crippen LogP contribution is -2.54. The van der Waals surface area contributed by atoms with Gasteiger partial charge in [-0.05, 0) is 0 Å². The van der Waals surface area contributed by atoms with E-state index in [1.165, 1.54) is 4.90 Å². The summed E-state index contributed by atoms with van der Waals surface area (Å²) in [7, 11) is 0. The number of carboxylic acids is 1. The zero-order valence-electron chi connectivity index (χ0n) is 9.33. The molecule has 8 heteroatoms. The number of amides is 1. The van der Waals surface area contributed by atoms with E-state index in [9.17, 15) is 19.2 Å². The standard InChI is InChI=1S/C10H11N3O5/c14-7-1-2-8(15)13(11-7)5-9(16)12-3-6(4-12)10(17)18/h1-2,6H,3-5H2,(H,11,14)(H,17,18). The smallest absolute Gasteiger partial charge is 0.310 e. The molecule has 2 rings (SSSR count). The summed E-state index contributed by atoms with van der Waals surface area (Å²) in [5.74, 6) is -1.87. The molecule has 0 atom stereocenters. The molecule has 1 aliphatic rings. The SMILES string of the molecule is O=C(O)C1CN(C(=O)Cn2[nH]c(=O)ccc2=O)C1. The van der Waals surface area contributed by atoms with E-state index in [0.29, 0.717) is 0 Å². The number of aromatic amines is 1. The van der Waals surface area contributed by atoms with Crippen LogP contribution in [0.15, 0.2) is 21.7 Å². The van der Waals surface area contributed by atoms with Crippen molar-refractivity contribution in [2.75, 3.05) is 13.1 Å². The zero-order chi connectivity index (χ0) is 13.3. The van der Waals surface area contributed by atoms with Crippen molar-refractivity contribution >= 4 is 11.9 Å². The fourth-order valence-electron chi connectivity index (χ4n) is 1.65. The summed E-state index contributed by atoms with van der Waals surface area (Å²) in [6, 6.07) is 2.15. The van der Waals surface area contributed by atoms with Crippen LogP contribution in [0.4, 0.5) is 0 Å². The van der Waals surface area contributed by atoms with Gasteiger partial charge in [0, 0.05) is 25.2 Å². The lowest BCUT2D eigenvalue weighted by molar-refractivity contribution is -0.153. The third kappa shape index (κ3) is 2.31. The molecule has 1 amide bonds. The van der Waals surface area contributed by atoms with Crippen molar-refractivity contribution in [2.24, 2.45) is 5.92 Å². The molecule has 18 heavy (non-hydrogen) atoms. The van der Waals surface area contributed by atoms with E-state index in [1.807, 2.05) is 0 Å². The molecular weight excluding hydrogens is 242 g/mol. The van der Waals surface area contributed by atoms with Gasteiger partial charge in [-0.15, -0.1) is 0 Å². The van der Waals surface area contributed by atoms with Gasteiger partial charge in [-0.3, -0.25) is 24.3 Å². The highest BCUT2D eigenvalue weighted by Gasteiger charge is 2.35. The Balaban J connectivity index is 2.01. The van der Waals surface area contributed by atoms with Crippen LogP contribution >= 0.6 is 0 Å². The molecule has 1 aliphatic heterocycles. The summed E-state index contributed by atoms with van der Waals surface area (Å²) in [6.45, 7) is -0.0127. The summed E-state index contributed by atoms with van der Waals surface area (Å²) in [4.78, 5) is 45.9. The van der Waals surface area contributed by atoms with Crippen molar-refractivity contribution in [3.8, 4) is 0 Å². The molecule has 0 radical (unpaired) electrons. The van der Waals surface area contributed by atoms with Crippen LogP contribution in [0.5, 0.6) is 0 Å². The van der Waals surface area contributed by atoms with Crippen molar-refractivity contribution in [1.29, 1.82) is 0 Å². The monoisotopic (exact) mass is 253 g/mol. The molecule has 0 aliphatic carbocycles. The molecule has 8 nitrogen and oxygen atoms in total. The minimum Gasteiger partial charge on any atom is -0.481 e. The predicted molar refractivity (Wildman–Crippen MR) is 59.0 cm³/mol. The van der Waals surface area contributed by atoms with Crippen LogP contribution in [-0.2, 0) is 16.1 Å². The zero-order valence-corrected chi connectivity index (χ0v) is 9.33. The Morgan fingerprint density at radius 1 is 1.33 bits per heavy atom. The lowest BCUT2D eigenvalue weighted by atomic mass is 10.0. The minimum absolute atomic E-state index is 0.139. The fraction of sp³-hybridized carbons (Fsp3) is 0.400. The van der Waals surface area contributed by atoms with Crippen LogP contribution < -0.4 is 11.1 Å². The number of hydrogen-bond acceptors (Lipinski definition) is 4. The first-order chi connectivity index (χ1) is 8.47. The molecule has 1 fully saturated rings. The minimum atomic E-state index is -0.940. The van der Waals surface area contributed by atoms with Crippen molar-refractivity contribution in [2.45, 2.75) is 6.54 Å². The molecule has 1 saturated heterocycles. The van der Waals surface area contributed by atoms with Crippen molar-refractivity contribution in [3.63, 3.8) is 0 Å². The molecule has 1 aromatic heterocycles. The summed E-state index contributed by atoms with van der Waals surface area (Å²) in [5.41, 5.74) is -0.965. The number of likely N-dealkylation sites (tertiary alicyclic amines) is 1. The van der Waals surface area contributed by atoms with E-state index >= 15 is 0 Å². The molecule has 0 bridgehead atoms. The largest absolute Gasteiger partial charge is 0.481 e. The maximum atomic E-state index is 11.7. The fourth-order valence-corrected chi connectivity index (χ4v) is 1.65. The summed E-state index contributed by atoms with van der Waals surface area (Å²) in [6.07, 6.45) is 0. The molecular formula is C10H11N3O5. The van der Waals surface area contributed by atoms with Crippen molar-refractivity contribution < 1.29 is 14.7 Å². The van der Waals surface area contributed by atoms with Crippen molar-refractivity contribution in [1.82, 2.24) is 14.7 Å². The van der Waals surface area contributed by atoms with Crippen LogP contribution in [0.2, 0.25) is 0 Å². The van der Waals surface area contributed by atoms with E-state index in [-0.39, 0.29) is 19.6 Å². The van der Waals surface area contributed by atoms with Gasteiger partial charge in [-0.1, -0.05) is 0 Å². The maximum absolute atomic E-state index is 11.7. The summed E-state index contributed by atoms with van der Waals surface area (Å²) < 4.78 is 0.902. The Bertz CT molecular complexity index is 596. The van der Waals surface area contributed by atoms with Gasteiger partial charge in [-0.25, -0.2) is 4.68 Å². The molecule has 0 aromatic carbocycles. The Hall–Kier alpha value is -2.38. The van der Waals surface area contributed by atoms with Gasteiger partial charge in [0.05, 0.1) is 5.92 Å². The predicted octanol–water partition coefficient (Wildman–Crippen LogP) is -1.92. The molecule has 0 spiro atoms. The highest BCUT2D eigenvalue weighted by molar-refractivity contribution is 5.80. The maximum Gasteiger partial charge on any atom is 0.310 e. The average molecular weight is 253 g/mol. The second-order valence-electron chi connectivity index (χ2n) is 4.07. The van der Waals surface area contributed by atoms with Gasteiger partial charge >= 0.3 is 5.97 Å². The number of H-pyrrole nitrogens is 1. The molecule has 0 unspecified atom stereocenters. The number of nitrogens with one attached hydrogen (secondary N) is 1. The van der Waals surface area contributed by atoms with Gasteiger partial charge in [0.25, 0.3) is 11.1 Å². The van der Waals surface area contributed by atoms with Crippen LogP contribution in [0, 0.1) is 5.92 Å². The van der Waals surface area contributed by atoms with Crippen LogP contribution in [0.25, 0.3) is 0 Å². The van der Waals surface area contributed by atoms with Gasteiger partial charge in [0.1, 0.15) is 6.54 Å². The highest BCUT2D eigenvalue weighted by atomic mass is 16.4. The molecule has 2 N–H and O–H groups in total. The molecule has 96 valence electrons. The summed E-state index contributed by atoms with van der Waals surface area (Å²) >= 11 is 0. The second kappa shape index (κ2) is 4.47. The Kier molecular flexibility index (Phi) is 3.00. The van der Waals surface area contributed by atoms with E-state index in [0.717, 1.165) is 16.8 Å². The quantitative estimate of drug-likeness (QED) is 0.652. The van der Waals surface area contributed by atoms with Crippen molar-refractivity contribution in [3.05, 3.63) is 32.8 Å². The average Bonchev–Trinajstić information content (AvgIpc) is 2.20. The number of rotatable bonds is 3. The van der Waals surface area contributed by atoms with E-state index in [4.69, 9.17) is 5.11 Å². The van der Waals surface area contributed by atoms with Gasteiger partial charge in [0.15, 0.2) is 0 Å². The number of aromatic nitrogens is 2. The normalized spacial score (nSPS) is 15.2. The van der Waals surface area contributed by atoms with Gasteiger partial charge in [0.2, 0.25) is 5.91 Å². The van der Waals surface area contributed by atoms with Crippen LogP contribution in [0.3, 0.4) is 0 Å². The number of carboxylic acid groups (broad SMARTS) is 1. The lowest BCUT2D eigenvalue weighted by Gasteiger charge is -2.36. The number of carbonyl (C=O) groups is 2.